The molecule has 120 valence electrons. The summed E-state index contributed by atoms with van der Waals surface area (Å²) >= 11 is 6.18. The number of nitrogens with zero attached hydrogens (tertiary/aromatic N) is 1. The zero-order valence-electron chi connectivity index (χ0n) is 12.9. The number of hydrogen-bond acceptors (Lipinski definition) is 3. The third-order valence-electron chi connectivity index (χ3n) is 3.98. The maximum absolute atomic E-state index is 12.5. The monoisotopic (exact) mass is 323 g/mol. The van der Waals surface area contributed by atoms with Crippen LogP contribution in [0.3, 0.4) is 0 Å². The van der Waals surface area contributed by atoms with Gasteiger partial charge in [-0.2, -0.15) is 0 Å². The van der Waals surface area contributed by atoms with Crippen molar-refractivity contribution >= 4 is 23.5 Å². The van der Waals surface area contributed by atoms with Gasteiger partial charge in [-0.1, -0.05) is 36.2 Å². The lowest BCUT2D eigenvalue weighted by Gasteiger charge is -2.31. The smallest absolute Gasteiger partial charge is 0.307 e. The maximum Gasteiger partial charge on any atom is 0.307 e. The number of hydrogen-bond donors (Lipinski definition) is 0. The second-order valence-electron chi connectivity index (χ2n) is 5.53. The Balaban J connectivity index is 2.02. The average Bonchev–Trinajstić information content (AvgIpc) is 2.43. The SMILES string of the molecule is CCOC(=O)CCN(Cc1ccccc1Cl)C(=O)C1CCC1. The van der Waals surface area contributed by atoms with E-state index in [9.17, 15) is 9.59 Å². The first kappa shape index (κ1) is 16.8. The summed E-state index contributed by atoms with van der Waals surface area (Å²) in [4.78, 5) is 25.8. The van der Waals surface area contributed by atoms with Crippen LogP contribution in [0, 0.1) is 5.92 Å². The zero-order chi connectivity index (χ0) is 15.9. The fourth-order valence-corrected chi connectivity index (χ4v) is 2.67. The number of carbonyl (C=O) groups excluding carboxylic acids is 2. The summed E-state index contributed by atoms with van der Waals surface area (Å²) in [7, 11) is 0. The number of amides is 1. The van der Waals surface area contributed by atoms with E-state index in [2.05, 4.69) is 0 Å². The Bertz CT molecular complexity index is 528. The second-order valence-corrected chi connectivity index (χ2v) is 5.94. The molecule has 2 rings (SSSR count). The van der Waals surface area contributed by atoms with Gasteiger partial charge in [-0.3, -0.25) is 9.59 Å². The van der Waals surface area contributed by atoms with Crippen LogP contribution in [0.5, 0.6) is 0 Å². The van der Waals surface area contributed by atoms with E-state index < -0.39 is 0 Å². The van der Waals surface area contributed by atoms with Crippen molar-refractivity contribution in [1.82, 2.24) is 4.90 Å². The number of carbonyl (C=O) groups is 2. The topological polar surface area (TPSA) is 46.6 Å². The van der Waals surface area contributed by atoms with Gasteiger partial charge >= 0.3 is 5.97 Å². The molecule has 1 fully saturated rings. The molecule has 0 atom stereocenters. The van der Waals surface area contributed by atoms with E-state index in [-0.39, 0.29) is 24.2 Å². The van der Waals surface area contributed by atoms with Crippen LogP contribution in [0.4, 0.5) is 0 Å². The largest absolute Gasteiger partial charge is 0.466 e. The van der Waals surface area contributed by atoms with Gasteiger partial charge in [0.05, 0.1) is 13.0 Å². The molecule has 22 heavy (non-hydrogen) atoms. The summed E-state index contributed by atoms with van der Waals surface area (Å²) in [5.74, 6) is -0.0479. The third-order valence-corrected chi connectivity index (χ3v) is 4.35. The standard InChI is InChI=1S/C17H22ClNO3/c1-2-22-16(20)10-11-19(17(21)13-7-5-8-13)12-14-6-3-4-9-15(14)18/h3-4,6,9,13H,2,5,7-8,10-12H2,1H3. The lowest BCUT2D eigenvalue weighted by molar-refractivity contribution is -0.145. The molecule has 0 spiro atoms. The van der Waals surface area contributed by atoms with Crippen molar-refractivity contribution in [3.63, 3.8) is 0 Å². The zero-order valence-corrected chi connectivity index (χ0v) is 13.6. The number of rotatable bonds is 7. The van der Waals surface area contributed by atoms with Crippen molar-refractivity contribution in [2.45, 2.75) is 39.2 Å². The minimum atomic E-state index is -0.270. The molecule has 1 aliphatic carbocycles. The number of esters is 1. The van der Waals surface area contributed by atoms with Crippen LogP contribution in [-0.2, 0) is 20.9 Å². The molecule has 5 heteroatoms. The lowest BCUT2D eigenvalue weighted by Crippen LogP contribution is -2.39. The first-order chi connectivity index (χ1) is 10.6. The van der Waals surface area contributed by atoms with E-state index in [1.54, 1.807) is 11.8 Å². The Kier molecular flexibility index (Phi) is 6.25. The highest BCUT2D eigenvalue weighted by Crippen LogP contribution is 2.29. The molecule has 1 aromatic rings. The Hall–Kier alpha value is -1.55. The van der Waals surface area contributed by atoms with Crippen molar-refractivity contribution < 1.29 is 14.3 Å². The van der Waals surface area contributed by atoms with Gasteiger partial charge in [-0.25, -0.2) is 0 Å². The molecule has 0 N–H and O–H groups in total. The maximum atomic E-state index is 12.5. The van der Waals surface area contributed by atoms with Gasteiger partial charge in [-0.05, 0) is 31.4 Å². The van der Waals surface area contributed by atoms with Gasteiger partial charge in [0.1, 0.15) is 0 Å². The molecule has 1 amide bonds. The van der Waals surface area contributed by atoms with Gasteiger partial charge in [0.25, 0.3) is 0 Å². The molecule has 0 aromatic heterocycles. The summed E-state index contributed by atoms with van der Waals surface area (Å²) in [6, 6.07) is 7.49. The number of benzene rings is 1. The third kappa shape index (κ3) is 4.47. The Morgan fingerprint density at radius 2 is 2.05 bits per heavy atom. The van der Waals surface area contributed by atoms with Gasteiger partial charge in [-0.15, -0.1) is 0 Å². The predicted octanol–water partition coefficient (Wildman–Crippen LogP) is 3.42. The van der Waals surface area contributed by atoms with Crippen molar-refractivity contribution in [3.8, 4) is 0 Å². The summed E-state index contributed by atoms with van der Waals surface area (Å²) in [5, 5.41) is 0.644. The van der Waals surface area contributed by atoms with Crippen LogP contribution >= 0.6 is 11.6 Å². The van der Waals surface area contributed by atoms with Gasteiger partial charge in [0.15, 0.2) is 0 Å². The highest BCUT2D eigenvalue weighted by atomic mass is 35.5. The van der Waals surface area contributed by atoms with E-state index in [1.165, 1.54) is 0 Å². The molecule has 0 heterocycles. The van der Waals surface area contributed by atoms with Crippen molar-refractivity contribution in [2.75, 3.05) is 13.2 Å². The number of halogens is 1. The highest BCUT2D eigenvalue weighted by Gasteiger charge is 2.29. The Morgan fingerprint density at radius 3 is 2.64 bits per heavy atom. The fraction of sp³-hybridized carbons (Fsp3) is 0.529. The summed E-state index contributed by atoms with van der Waals surface area (Å²) in [6.07, 6.45) is 3.21. The van der Waals surface area contributed by atoms with E-state index in [0.717, 1.165) is 24.8 Å². The lowest BCUT2D eigenvalue weighted by atomic mass is 9.84. The number of ether oxygens (including phenoxy) is 1. The average molecular weight is 324 g/mol. The fourth-order valence-electron chi connectivity index (χ4n) is 2.47. The molecule has 4 nitrogen and oxygen atoms in total. The molecule has 0 aliphatic heterocycles. The van der Waals surface area contributed by atoms with Crippen LogP contribution in [0.15, 0.2) is 24.3 Å². The molecular weight excluding hydrogens is 302 g/mol. The van der Waals surface area contributed by atoms with Gasteiger partial charge in [0.2, 0.25) is 5.91 Å². The predicted molar refractivity (Wildman–Crippen MR) is 85.5 cm³/mol. The molecule has 0 radical (unpaired) electrons. The molecule has 0 unspecified atom stereocenters. The Morgan fingerprint density at radius 1 is 1.32 bits per heavy atom. The van der Waals surface area contributed by atoms with Crippen molar-refractivity contribution in [2.24, 2.45) is 5.92 Å². The molecular formula is C17H22ClNO3. The van der Waals surface area contributed by atoms with Gasteiger partial charge < -0.3 is 9.64 Å². The first-order valence-corrected chi connectivity index (χ1v) is 8.17. The van der Waals surface area contributed by atoms with E-state index in [1.807, 2.05) is 24.3 Å². The molecule has 0 saturated heterocycles. The van der Waals surface area contributed by atoms with E-state index in [4.69, 9.17) is 16.3 Å². The molecule has 0 bridgehead atoms. The van der Waals surface area contributed by atoms with Crippen LogP contribution in [0.2, 0.25) is 5.02 Å². The van der Waals surface area contributed by atoms with Crippen LogP contribution in [-0.4, -0.2) is 29.9 Å². The molecule has 1 saturated carbocycles. The van der Waals surface area contributed by atoms with E-state index in [0.29, 0.717) is 24.7 Å². The first-order valence-electron chi connectivity index (χ1n) is 7.79. The van der Waals surface area contributed by atoms with Crippen molar-refractivity contribution in [1.29, 1.82) is 0 Å². The summed E-state index contributed by atoms with van der Waals surface area (Å²) in [5.41, 5.74) is 0.903. The van der Waals surface area contributed by atoms with Crippen LogP contribution in [0.1, 0.15) is 38.2 Å². The minimum absolute atomic E-state index is 0.102. The Labute approximate surface area is 136 Å². The van der Waals surface area contributed by atoms with Crippen molar-refractivity contribution in [3.05, 3.63) is 34.9 Å². The normalized spacial score (nSPS) is 14.3. The summed E-state index contributed by atoms with van der Waals surface area (Å²) in [6.45, 7) is 2.95. The van der Waals surface area contributed by atoms with Crippen LogP contribution in [0.25, 0.3) is 0 Å². The second kappa shape index (κ2) is 8.18. The van der Waals surface area contributed by atoms with Crippen LogP contribution < -0.4 is 0 Å². The summed E-state index contributed by atoms with van der Waals surface area (Å²) < 4.78 is 4.94. The highest BCUT2D eigenvalue weighted by molar-refractivity contribution is 6.31. The quantitative estimate of drug-likeness (QED) is 0.722. The van der Waals surface area contributed by atoms with E-state index >= 15 is 0 Å². The molecule has 1 aliphatic rings. The molecule has 1 aromatic carbocycles. The minimum Gasteiger partial charge on any atom is -0.466 e. The van der Waals surface area contributed by atoms with Gasteiger partial charge in [0, 0.05) is 24.0 Å².